The summed E-state index contributed by atoms with van der Waals surface area (Å²) in [6.45, 7) is 3.69. The van der Waals surface area contributed by atoms with Gasteiger partial charge in [0, 0.05) is 12.0 Å². The van der Waals surface area contributed by atoms with Crippen LogP contribution in [-0.4, -0.2) is 21.4 Å². The van der Waals surface area contributed by atoms with Gasteiger partial charge in [0.2, 0.25) is 0 Å². The summed E-state index contributed by atoms with van der Waals surface area (Å²) in [6, 6.07) is 7.83. The Balaban J connectivity index is 2.28. The van der Waals surface area contributed by atoms with Gasteiger partial charge in [0.05, 0.1) is 6.10 Å². The maximum atomic E-state index is 9.22. The highest BCUT2D eigenvalue weighted by molar-refractivity contribution is 5.57. The fourth-order valence-electron chi connectivity index (χ4n) is 1.52. The first kappa shape index (κ1) is 10.8. The molecule has 0 fully saturated rings. The lowest BCUT2D eigenvalue weighted by molar-refractivity contribution is 0.191. The molecule has 2 rings (SSSR count). The van der Waals surface area contributed by atoms with Crippen molar-refractivity contribution in [1.82, 2.24) is 10.1 Å². The largest absolute Gasteiger partial charge is 0.393 e. The molecule has 1 N–H and O–H groups in total. The van der Waals surface area contributed by atoms with Crippen LogP contribution < -0.4 is 0 Å². The molecule has 1 atom stereocenters. The Labute approximate surface area is 93.9 Å². The van der Waals surface area contributed by atoms with Gasteiger partial charge in [0.1, 0.15) is 0 Å². The summed E-state index contributed by atoms with van der Waals surface area (Å²) in [5, 5.41) is 13.0. The number of hydrogen-bond acceptors (Lipinski definition) is 4. The Kier molecular flexibility index (Phi) is 3.01. The number of nitrogens with zero attached hydrogens (tertiary/aromatic N) is 2. The van der Waals surface area contributed by atoms with Gasteiger partial charge in [-0.2, -0.15) is 4.98 Å². The zero-order valence-electron chi connectivity index (χ0n) is 9.34. The van der Waals surface area contributed by atoms with Crippen molar-refractivity contribution in [2.45, 2.75) is 26.4 Å². The minimum absolute atomic E-state index is 0.412. The Hall–Kier alpha value is -1.68. The van der Waals surface area contributed by atoms with Crippen molar-refractivity contribution in [1.29, 1.82) is 0 Å². The molecule has 0 saturated heterocycles. The van der Waals surface area contributed by atoms with Gasteiger partial charge in [-0.1, -0.05) is 23.4 Å². The van der Waals surface area contributed by atoms with E-state index in [1.807, 2.05) is 31.2 Å². The van der Waals surface area contributed by atoms with Crippen LogP contribution in [0.4, 0.5) is 0 Å². The molecule has 0 saturated carbocycles. The highest BCUT2D eigenvalue weighted by atomic mass is 16.5. The molecule has 1 unspecified atom stereocenters. The lowest BCUT2D eigenvalue weighted by Crippen LogP contribution is -2.05. The second-order valence-corrected chi connectivity index (χ2v) is 3.88. The SMILES string of the molecule is Cc1ccccc1-c1nc(CC(C)O)no1. The lowest BCUT2D eigenvalue weighted by Gasteiger charge is -1.98. The maximum absolute atomic E-state index is 9.22. The minimum Gasteiger partial charge on any atom is -0.393 e. The van der Waals surface area contributed by atoms with Gasteiger partial charge in [0.25, 0.3) is 5.89 Å². The molecule has 2 aromatic rings. The molecule has 0 amide bonds. The first-order chi connectivity index (χ1) is 7.66. The van der Waals surface area contributed by atoms with E-state index in [-0.39, 0.29) is 0 Å². The molecule has 1 heterocycles. The van der Waals surface area contributed by atoms with E-state index in [9.17, 15) is 5.11 Å². The summed E-state index contributed by atoms with van der Waals surface area (Å²) in [5.41, 5.74) is 2.03. The smallest absolute Gasteiger partial charge is 0.258 e. The average molecular weight is 218 g/mol. The number of aliphatic hydroxyl groups is 1. The van der Waals surface area contributed by atoms with Crippen LogP contribution in [0.15, 0.2) is 28.8 Å². The summed E-state index contributed by atoms with van der Waals surface area (Å²) >= 11 is 0. The maximum Gasteiger partial charge on any atom is 0.258 e. The summed E-state index contributed by atoms with van der Waals surface area (Å²) in [6.07, 6.45) is -0.0441. The first-order valence-electron chi connectivity index (χ1n) is 5.23. The predicted octanol–water partition coefficient (Wildman–Crippen LogP) is 1.97. The number of benzene rings is 1. The van der Waals surface area contributed by atoms with Crippen LogP contribution in [-0.2, 0) is 6.42 Å². The standard InChI is InChI=1S/C12H14N2O2/c1-8-5-3-4-6-10(8)12-13-11(14-16-12)7-9(2)15/h3-6,9,15H,7H2,1-2H3. The van der Waals surface area contributed by atoms with Crippen LogP contribution in [0.3, 0.4) is 0 Å². The molecule has 0 aliphatic heterocycles. The van der Waals surface area contributed by atoms with E-state index < -0.39 is 6.10 Å². The molecule has 84 valence electrons. The van der Waals surface area contributed by atoms with Crippen molar-refractivity contribution in [3.63, 3.8) is 0 Å². The molecule has 1 aromatic heterocycles. The quantitative estimate of drug-likeness (QED) is 0.855. The summed E-state index contributed by atoms with van der Waals surface area (Å²) in [4.78, 5) is 4.24. The average Bonchev–Trinajstić information content (AvgIpc) is 2.66. The number of aryl methyl sites for hydroxylation is 1. The van der Waals surface area contributed by atoms with Gasteiger partial charge >= 0.3 is 0 Å². The molecule has 4 nitrogen and oxygen atoms in total. The van der Waals surface area contributed by atoms with Crippen LogP contribution in [0.2, 0.25) is 0 Å². The van der Waals surface area contributed by atoms with Crippen molar-refractivity contribution in [3.05, 3.63) is 35.7 Å². The van der Waals surface area contributed by atoms with Crippen LogP contribution in [0.1, 0.15) is 18.3 Å². The van der Waals surface area contributed by atoms with E-state index in [2.05, 4.69) is 10.1 Å². The van der Waals surface area contributed by atoms with Crippen LogP contribution in [0.5, 0.6) is 0 Å². The lowest BCUT2D eigenvalue weighted by atomic mass is 10.1. The fraction of sp³-hybridized carbons (Fsp3) is 0.333. The number of aliphatic hydroxyl groups excluding tert-OH is 1. The molecule has 0 spiro atoms. The first-order valence-corrected chi connectivity index (χ1v) is 5.23. The van der Waals surface area contributed by atoms with Crippen molar-refractivity contribution in [2.75, 3.05) is 0 Å². The van der Waals surface area contributed by atoms with E-state index in [4.69, 9.17) is 4.52 Å². The third-order valence-electron chi connectivity index (χ3n) is 2.32. The molecule has 4 heteroatoms. The predicted molar refractivity (Wildman–Crippen MR) is 59.9 cm³/mol. The monoisotopic (exact) mass is 218 g/mol. The third kappa shape index (κ3) is 2.28. The number of rotatable bonds is 3. The highest BCUT2D eigenvalue weighted by Crippen LogP contribution is 2.21. The van der Waals surface area contributed by atoms with Crippen LogP contribution in [0, 0.1) is 6.92 Å². The van der Waals surface area contributed by atoms with E-state index in [1.165, 1.54) is 0 Å². The molecule has 0 radical (unpaired) electrons. The molecule has 16 heavy (non-hydrogen) atoms. The molecule has 1 aromatic carbocycles. The van der Waals surface area contributed by atoms with E-state index >= 15 is 0 Å². The van der Waals surface area contributed by atoms with Gasteiger partial charge in [-0.05, 0) is 25.5 Å². The minimum atomic E-state index is -0.456. The zero-order valence-corrected chi connectivity index (χ0v) is 9.34. The van der Waals surface area contributed by atoms with Gasteiger partial charge < -0.3 is 9.63 Å². The Morgan fingerprint density at radius 3 is 2.81 bits per heavy atom. The number of hydrogen-bond donors (Lipinski definition) is 1. The van der Waals surface area contributed by atoms with Crippen LogP contribution in [0.25, 0.3) is 11.5 Å². The van der Waals surface area contributed by atoms with Gasteiger partial charge in [0.15, 0.2) is 5.82 Å². The summed E-state index contributed by atoms with van der Waals surface area (Å²) in [5.74, 6) is 1.04. The third-order valence-corrected chi connectivity index (χ3v) is 2.32. The summed E-state index contributed by atoms with van der Waals surface area (Å²) < 4.78 is 5.16. The fourth-order valence-corrected chi connectivity index (χ4v) is 1.52. The molecular weight excluding hydrogens is 204 g/mol. The molecule has 0 aliphatic carbocycles. The Morgan fingerprint density at radius 1 is 1.38 bits per heavy atom. The van der Waals surface area contributed by atoms with E-state index in [1.54, 1.807) is 6.92 Å². The zero-order chi connectivity index (χ0) is 11.5. The van der Waals surface area contributed by atoms with Gasteiger partial charge in [-0.3, -0.25) is 0 Å². The van der Waals surface area contributed by atoms with Crippen LogP contribution >= 0.6 is 0 Å². The van der Waals surface area contributed by atoms with Crippen molar-refractivity contribution >= 4 is 0 Å². The molecule has 0 aliphatic rings. The topological polar surface area (TPSA) is 59.2 Å². The Morgan fingerprint density at radius 2 is 2.12 bits per heavy atom. The van der Waals surface area contributed by atoms with E-state index in [0.717, 1.165) is 11.1 Å². The summed E-state index contributed by atoms with van der Waals surface area (Å²) in [7, 11) is 0. The second-order valence-electron chi connectivity index (χ2n) is 3.88. The number of aromatic nitrogens is 2. The normalized spacial score (nSPS) is 12.7. The van der Waals surface area contributed by atoms with Gasteiger partial charge in [-0.25, -0.2) is 0 Å². The molecular formula is C12H14N2O2. The van der Waals surface area contributed by atoms with E-state index in [0.29, 0.717) is 18.1 Å². The highest BCUT2D eigenvalue weighted by Gasteiger charge is 2.11. The second kappa shape index (κ2) is 4.45. The van der Waals surface area contributed by atoms with Crippen molar-refractivity contribution < 1.29 is 9.63 Å². The van der Waals surface area contributed by atoms with Crippen molar-refractivity contribution in [3.8, 4) is 11.5 Å². The Bertz CT molecular complexity index is 477. The van der Waals surface area contributed by atoms with Gasteiger partial charge in [-0.15, -0.1) is 0 Å². The van der Waals surface area contributed by atoms with Crippen molar-refractivity contribution in [2.24, 2.45) is 0 Å². The molecule has 0 bridgehead atoms.